The minimum absolute atomic E-state index is 0.820. The van der Waals surface area contributed by atoms with Gasteiger partial charge >= 0.3 is 0 Å². The van der Waals surface area contributed by atoms with Gasteiger partial charge in [-0.15, -0.1) is 0 Å². The molecular weight excluding hydrogens is 273 g/mol. The highest BCUT2D eigenvalue weighted by Crippen LogP contribution is 2.26. The molecule has 0 aliphatic carbocycles. The van der Waals surface area contributed by atoms with Crippen LogP contribution in [0.4, 0.5) is 0 Å². The number of hydrogen-bond donors (Lipinski definition) is 0. The van der Waals surface area contributed by atoms with E-state index in [0.717, 1.165) is 22.0 Å². The zero-order valence-electron chi connectivity index (χ0n) is 8.84. The molecule has 1 aliphatic heterocycles. The van der Waals surface area contributed by atoms with Gasteiger partial charge in [-0.05, 0) is 29.7 Å². The molecule has 15 heavy (non-hydrogen) atoms. The Morgan fingerprint density at radius 2 is 2.20 bits per heavy atom. The van der Waals surface area contributed by atoms with Crippen molar-refractivity contribution in [3.63, 3.8) is 0 Å². The van der Waals surface area contributed by atoms with Gasteiger partial charge in [-0.1, -0.05) is 40.9 Å². The van der Waals surface area contributed by atoms with Gasteiger partial charge in [0.15, 0.2) is 0 Å². The van der Waals surface area contributed by atoms with Crippen LogP contribution in [-0.4, -0.2) is 18.0 Å². The van der Waals surface area contributed by atoms with E-state index in [1.165, 1.54) is 25.1 Å². The Balaban J connectivity index is 1.97. The number of hydrogen-bond acceptors (Lipinski definition) is 1. The lowest BCUT2D eigenvalue weighted by atomic mass is 9.97. The van der Waals surface area contributed by atoms with Crippen molar-refractivity contribution in [1.82, 2.24) is 4.90 Å². The summed E-state index contributed by atoms with van der Waals surface area (Å²) in [5, 5.41) is 0.820. The lowest BCUT2D eigenvalue weighted by Gasteiger charge is -2.39. The van der Waals surface area contributed by atoms with Crippen LogP contribution < -0.4 is 0 Å². The molecule has 1 aromatic carbocycles. The van der Waals surface area contributed by atoms with Crippen LogP contribution in [0.2, 0.25) is 5.02 Å². The second kappa shape index (κ2) is 4.86. The van der Waals surface area contributed by atoms with Gasteiger partial charge in [-0.25, -0.2) is 0 Å². The summed E-state index contributed by atoms with van der Waals surface area (Å²) in [6.45, 7) is 5.74. The first-order chi connectivity index (χ1) is 7.19. The fraction of sp³-hybridized carbons (Fsp3) is 0.500. The van der Waals surface area contributed by atoms with E-state index in [-0.39, 0.29) is 0 Å². The second-order valence-electron chi connectivity index (χ2n) is 4.20. The van der Waals surface area contributed by atoms with Gasteiger partial charge in [-0.2, -0.15) is 0 Å². The van der Waals surface area contributed by atoms with E-state index in [2.05, 4.69) is 27.8 Å². The first-order valence-corrected chi connectivity index (χ1v) is 6.52. The molecule has 0 bridgehead atoms. The van der Waals surface area contributed by atoms with Crippen LogP contribution in [-0.2, 0) is 6.54 Å². The molecule has 0 aromatic heterocycles. The van der Waals surface area contributed by atoms with E-state index in [1.807, 2.05) is 18.2 Å². The predicted molar refractivity (Wildman–Crippen MR) is 68.2 cm³/mol. The Bertz CT molecular complexity index is 347. The van der Waals surface area contributed by atoms with Gasteiger partial charge in [0.25, 0.3) is 0 Å². The first kappa shape index (κ1) is 11.4. The van der Waals surface area contributed by atoms with Crippen molar-refractivity contribution in [2.45, 2.75) is 19.9 Å². The third-order valence-electron chi connectivity index (χ3n) is 3.01. The van der Waals surface area contributed by atoms with Crippen LogP contribution in [0.3, 0.4) is 0 Å². The van der Waals surface area contributed by atoms with Crippen molar-refractivity contribution in [3.8, 4) is 0 Å². The minimum atomic E-state index is 0.820. The molecule has 0 radical (unpaired) electrons. The lowest BCUT2D eigenvalue weighted by Crippen LogP contribution is -2.45. The molecule has 1 fully saturated rings. The van der Waals surface area contributed by atoms with Crippen LogP contribution in [0.5, 0.6) is 0 Å². The molecule has 1 nitrogen and oxygen atoms in total. The number of halogens is 2. The van der Waals surface area contributed by atoms with Crippen LogP contribution in [0.25, 0.3) is 0 Å². The number of benzene rings is 1. The second-order valence-corrected chi connectivity index (χ2v) is 5.49. The molecule has 0 spiro atoms. The quantitative estimate of drug-likeness (QED) is 0.814. The summed E-state index contributed by atoms with van der Waals surface area (Å²) in [5.41, 5.74) is 1.29. The van der Waals surface area contributed by atoms with Crippen LogP contribution in [0, 0.1) is 5.92 Å². The monoisotopic (exact) mass is 287 g/mol. The van der Waals surface area contributed by atoms with E-state index < -0.39 is 0 Å². The van der Waals surface area contributed by atoms with Crippen molar-refractivity contribution in [3.05, 3.63) is 33.3 Å². The highest BCUT2D eigenvalue weighted by atomic mass is 79.9. The normalized spacial score (nSPS) is 17.8. The fourth-order valence-corrected chi connectivity index (χ4v) is 2.54. The minimum Gasteiger partial charge on any atom is -0.298 e. The van der Waals surface area contributed by atoms with Gasteiger partial charge < -0.3 is 0 Å². The van der Waals surface area contributed by atoms with Crippen molar-refractivity contribution in [2.24, 2.45) is 5.92 Å². The van der Waals surface area contributed by atoms with Crippen molar-refractivity contribution < 1.29 is 0 Å². The number of rotatable bonds is 3. The standard InChI is InChI=1S/C12H15BrClN/c1-2-9-6-15(7-9)8-10-5-11(14)3-4-12(10)13/h3-5,9H,2,6-8H2,1H3. The highest BCUT2D eigenvalue weighted by Gasteiger charge is 2.25. The van der Waals surface area contributed by atoms with Crippen LogP contribution in [0.15, 0.2) is 22.7 Å². The van der Waals surface area contributed by atoms with E-state index in [4.69, 9.17) is 11.6 Å². The van der Waals surface area contributed by atoms with E-state index in [1.54, 1.807) is 0 Å². The average molecular weight is 289 g/mol. The molecule has 0 atom stereocenters. The Kier molecular flexibility index (Phi) is 3.70. The molecule has 1 aromatic rings. The third-order valence-corrected chi connectivity index (χ3v) is 4.02. The zero-order chi connectivity index (χ0) is 10.8. The average Bonchev–Trinajstić information content (AvgIpc) is 2.16. The van der Waals surface area contributed by atoms with Crippen molar-refractivity contribution >= 4 is 27.5 Å². The van der Waals surface area contributed by atoms with E-state index in [9.17, 15) is 0 Å². The summed E-state index contributed by atoms with van der Waals surface area (Å²) in [6, 6.07) is 5.99. The highest BCUT2D eigenvalue weighted by molar-refractivity contribution is 9.10. The first-order valence-electron chi connectivity index (χ1n) is 5.35. The maximum Gasteiger partial charge on any atom is 0.0410 e. The number of likely N-dealkylation sites (tertiary alicyclic amines) is 1. The Morgan fingerprint density at radius 3 is 2.87 bits per heavy atom. The molecule has 2 rings (SSSR count). The fourth-order valence-electron chi connectivity index (χ4n) is 1.97. The predicted octanol–water partition coefficient (Wildman–Crippen LogP) is 3.94. The van der Waals surface area contributed by atoms with Gasteiger partial charge in [-0.3, -0.25) is 4.90 Å². The maximum atomic E-state index is 5.98. The third kappa shape index (κ3) is 2.74. The summed E-state index contributed by atoms with van der Waals surface area (Å²) >= 11 is 9.54. The molecule has 1 aliphatic rings. The molecule has 0 N–H and O–H groups in total. The summed E-state index contributed by atoms with van der Waals surface area (Å²) in [6.07, 6.45) is 1.30. The Hall–Kier alpha value is -0.0500. The van der Waals surface area contributed by atoms with Gasteiger partial charge in [0.2, 0.25) is 0 Å². The Morgan fingerprint density at radius 1 is 1.47 bits per heavy atom. The summed E-state index contributed by atoms with van der Waals surface area (Å²) in [4.78, 5) is 2.46. The van der Waals surface area contributed by atoms with Gasteiger partial charge in [0.05, 0.1) is 0 Å². The van der Waals surface area contributed by atoms with E-state index >= 15 is 0 Å². The van der Waals surface area contributed by atoms with Crippen LogP contribution >= 0.6 is 27.5 Å². The van der Waals surface area contributed by atoms with Crippen LogP contribution in [0.1, 0.15) is 18.9 Å². The number of nitrogens with zero attached hydrogens (tertiary/aromatic N) is 1. The molecule has 0 amide bonds. The molecule has 1 heterocycles. The topological polar surface area (TPSA) is 3.24 Å². The maximum absolute atomic E-state index is 5.98. The molecule has 0 saturated carbocycles. The molecule has 3 heteroatoms. The molecule has 0 unspecified atom stereocenters. The van der Waals surface area contributed by atoms with Crippen molar-refractivity contribution in [1.29, 1.82) is 0 Å². The summed E-state index contributed by atoms with van der Waals surface area (Å²) in [5.74, 6) is 0.906. The van der Waals surface area contributed by atoms with Crippen molar-refractivity contribution in [2.75, 3.05) is 13.1 Å². The molecular formula is C12H15BrClN. The zero-order valence-corrected chi connectivity index (χ0v) is 11.2. The van der Waals surface area contributed by atoms with Gasteiger partial charge in [0.1, 0.15) is 0 Å². The lowest BCUT2D eigenvalue weighted by molar-refractivity contribution is 0.0897. The SMILES string of the molecule is CCC1CN(Cc2cc(Cl)ccc2Br)C1. The summed E-state index contributed by atoms with van der Waals surface area (Å²) < 4.78 is 1.16. The molecule has 82 valence electrons. The van der Waals surface area contributed by atoms with E-state index in [0.29, 0.717) is 0 Å². The largest absolute Gasteiger partial charge is 0.298 e. The Labute approximate surface area is 105 Å². The molecule has 1 saturated heterocycles. The van der Waals surface area contributed by atoms with Gasteiger partial charge in [0, 0.05) is 29.1 Å². The summed E-state index contributed by atoms with van der Waals surface area (Å²) in [7, 11) is 0. The smallest absolute Gasteiger partial charge is 0.0410 e.